The minimum absolute atomic E-state index is 0.0315. The van der Waals surface area contributed by atoms with E-state index in [-0.39, 0.29) is 43.1 Å². The average molecular weight is 1040 g/mol. The lowest BCUT2D eigenvalue weighted by Gasteiger charge is -2.34. The van der Waals surface area contributed by atoms with Crippen molar-refractivity contribution in [2.75, 3.05) is 104 Å². The van der Waals surface area contributed by atoms with Crippen molar-refractivity contribution in [3.8, 4) is 16.9 Å². The predicted octanol–water partition coefficient (Wildman–Crippen LogP) is 7.13. The molecule has 0 radical (unpaired) electrons. The molecule has 4 aromatic rings. The van der Waals surface area contributed by atoms with Gasteiger partial charge in [0.1, 0.15) is 17.7 Å². The van der Waals surface area contributed by atoms with Gasteiger partial charge in [-0.05, 0) is 81.2 Å². The Balaban J connectivity index is 0.748. The molecule has 1 aliphatic heterocycles. The number of anilines is 1. The predicted molar refractivity (Wildman–Crippen MR) is 291 cm³/mol. The first kappa shape index (κ1) is 58.5. The fourth-order valence-corrected chi connectivity index (χ4v) is 9.73. The van der Waals surface area contributed by atoms with Gasteiger partial charge in [0, 0.05) is 102 Å². The summed E-state index contributed by atoms with van der Waals surface area (Å²) in [4.78, 5) is 76.9. The van der Waals surface area contributed by atoms with Gasteiger partial charge in [0.2, 0.25) is 18.3 Å². The summed E-state index contributed by atoms with van der Waals surface area (Å²) < 4.78 is 25.2. The highest BCUT2D eigenvalue weighted by Crippen LogP contribution is 2.37. The minimum atomic E-state index is -1.14. The summed E-state index contributed by atoms with van der Waals surface area (Å²) in [6.07, 6.45) is 18.8. The standard InChI is InChI=1S/C57H83N9O9/c1-4-5-25-60-57-61-38-49-50(40-65(55(49)62-57)47-16-9-8-10-17-47)46-21-19-45(20-22-46)39-64-30-28-63(29-31-64)27-11-6-7-12-32-72-34-36-74-37-35-73-33-14-26-59-53(70)42-75-51-18-13-15-44(2)54(51)56(71)66(43-68)48(41-67)23-24-52(69)58-3/h13,15,18-22,38,40-41,43,47-48H,4-12,14,16-17,23-37,39,42H2,1-3H3,(H,58,69)(H,59,70)(H,60,61,62). The third-order valence-electron chi connectivity index (χ3n) is 14.1. The van der Waals surface area contributed by atoms with Crippen LogP contribution >= 0.6 is 0 Å². The molecule has 18 nitrogen and oxygen atoms in total. The number of nitrogens with zero attached hydrogens (tertiary/aromatic N) is 6. The summed E-state index contributed by atoms with van der Waals surface area (Å²) in [6, 6.07) is 13.4. The number of fused-ring (bicyclic) bond motifs is 1. The normalized spacial score (nSPS) is 14.9. The molecule has 2 aromatic heterocycles. The average Bonchev–Trinajstić information content (AvgIpc) is 3.82. The highest BCUT2D eigenvalue weighted by molar-refractivity contribution is 6.04. The van der Waals surface area contributed by atoms with Crippen LogP contribution in [0.4, 0.5) is 5.95 Å². The number of imide groups is 1. The van der Waals surface area contributed by atoms with Crippen LogP contribution in [0.3, 0.4) is 0 Å². The van der Waals surface area contributed by atoms with Crippen molar-refractivity contribution in [3.05, 3.63) is 71.5 Å². The number of piperazine rings is 1. The van der Waals surface area contributed by atoms with E-state index in [1.807, 2.05) is 6.20 Å². The van der Waals surface area contributed by atoms with Crippen LogP contribution in [0.1, 0.15) is 124 Å². The monoisotopic (exact) mass is 1040 g/mol. The van der Waals surface area contributed by atoms with Gasteiger partial charge in [-0.15, -0.1) is 0 Å². The number of rotatable bonds is 35. The van der Waals surface area contributed by atoms with E-state index >= 15 is 0 Å². The smallest absolute Gasteiger partial charge is 0.264 e. The highest BCUT2D eigenvalue weighted by atomic mass is 16.5. The number of hydrogen-bond donors (Lipinski definition) is 3. The van der Waals surface area contributed by atoms with Crippen molar-refractivity contribution >= 4 is 47.4 Å². The van der Waals surface area contributed by atoms with Gasteiger partial charge in [-0.1, -0.05) is 81.8 Å². The third kappa shape index (κ3) is 18.8. The van der Waals surface area contributed by atoms with Crippen LogP contribution in [0.15, 0.2) is 54.9 Å². The Hall–Kier alpha value is -5.79. The molecule has 2 aromatic carbocycles. The van der Waals surface area contributed by atoms with Crippen molar-refractivity contribution in [1.29, 1.82) is 0 Å². The Morgan fingerprint density at radius 1 is 0.813 bits per heavy atom. The molecule has 2 fully saturated rings. The van der Waals surface area contributed by atoms with Gasteiger partial charge in [0.15, 0.2) is 6.61 Å². The third-order valence-corrected chi connectivity index (χ3v) is 14.1. The lowest BCUT2D eigenvalue weighted by atomic mass is 9.95. The van der Waals surface area contributed by atoms with E-state index in [4.69, 9.17) is 28.9 Å². The number of nitrogens with one attached hydrogen (secondary N) is 3. The fourth-order valence-electron chi connectivity index (χ4n) is 9.73. The Kier molecular flexibility index (Phi) is 25.4. The molecular formula is C57H83N9O9. The first-order valence-corrected chi connectivity index (χ1v) is 27.5. The zero-order valence-corrected chi connectivity index (χ0v) is 44.9. The molecular weight excluding hydrogens is 955 g/mol. The Morgan fingerprint density at radius 2 is 1.52 bits per heavy atom. The minimum Gasteiger partial charge on any atom is -0.483 e. The summed E-state index contributed by atoms with van der Waals surface area (Å²) >= 11 is 0. The number of amides is 4. The maximum absolute atomic E-state index is 13.4. The Morgan fingerprint density at radius 3 is 2.23 bits per heavy atom. The number of carbonyl (C=O) groups excluding carboxylic acids is 5. The van der Waals surface area contributed by atoms with Gasteiger partial charge in [0.25, 0.3) is 11.8 Å². The molecule has 3 N–H and O–H groups in total. The first-order chi connectivity index (χ1) is 36.7. The zero-order valence-electron chi connectivity index (χ0n) is 44.9. The summed E-state index contributed by atoms with van der Waals surface area (Å²) in [5, 5.41) is 9.78. The number of ether oxygens (including phenoxy) is 4. The molecule has 6 rings (SSSR count). The number of benzene rings is 2. The van der Waals surface area contributed by atoms with Crippen LogP contribution in [0, 0.1) is 6.92 Å². The number of carbonyl (C=O) groups is 5. The van der Waals surface area contributed by atoms with E-state index < -0.39 is 17.9 Å². The van der Waals surface area contributed by atoms with Gasteiger partial charge in [0.05, 0.1) is 38.0 Å². The van der Waals surface area contributed by atoms with Crippen LogP contribution in [0.2, 0.25) is 0 Å². The number of hydrogen-bond acceptors (Lipinski definition) is 14. The molecule has 75 heavy (non-hydrogen) atoms. The van der Waals surface area contributed by atoms with Crippen molar-refractivity contribution < 1.29 is 42.9 Å². The second kappa shape index (κ2) is 32.6. The maximum Gasteiger partial charge on any atom is 0.264 e. The van der Waals surface area contributed by atoms with Crippen LogP contribution < -0.4 is 20.7 Å². The van der Waals surface area contributed by atoms with Gasteiger partial charge in [-0.25, -0.2) is 4.98 Å². The summed E-state index contributed by atoms with van der Waals surface area (Å²) in [5.41, 5.74) is 5.41. The maximum atomic E-state index is 13.4. The van der Waals surface area contributed by atoms with Crippen molar-refractivity contribution in [1.82, 2.24) is 39.9 Å². The summed E-state index contributed by atoms with van der Waals surface area (Å²) in [7, 11) is 1.46. The van der Waals surface area contributed by atoms with Crippen LogP contribution in [-0.4, -0.2) is 165 Å². The fraction of sp³-hybridized carbons (Fsp3) is 0.596. The van der Waals surface area contributed by atoms with Gasteiger partial charge < -0.3 is 49.2 Å². The van der Waals surface area contributed by atoms with E-state index in [1.165, 1.54) is 74.8 Å². The molecule has 410 valence electrons. The van der Waals surface area contributed by atoms with E-state index in [0.717, 1.165) is 100.0 Å². The molecule has 0 bridgehead atoms. The topological polar surface area (TPSA) is 199 Å². The molecule has 2 aliphatic rings. The quantitative estimate of drug-likeness (QED) is 0.0311. The Labute approximate surface area is 443 Å². The van der Waals surface area contributed by atoms with Crippen LogP contribution in [-0.2, 0) is 39.9 Å². The van der Waals surface area contributed by atoms with Crippen molar-refractivity contribution in [3.63, 3.8) is 0 Å². The Bertz CT molecular complexity index is 2370. The number of aromatic nitrogens is 3. The van der Waals surface area contributed by atoms with Crippen molar-refractivity contribution in [2.45, 2.75) is 122 Å². The number of unbranched alkanes of at least 4 members (excludes halogenated alkanes) is 4. The molecule has 1 saturated heterocycles. The molecule has 1 aliphatic carbocycles. The van der Waals surface area contributed by atoms with Gasteiger partial charge in [-0.3, -0.25) is 29.0 Å². The van der Waals surface area contributed by atoms with E-state index in [0.29, 0.717) is 63.9 Å². The second-order valence-corrected chi connectivity index (χ2v) is 19.7. The lowest BCUT2D eigenvalue weighted by molar-refractivity contribution is -0.125. The number of aryl methyl sites for hydroxylation is 1. The lowest BCUT2D eigenvalue weighted by Crippen LogP contribution is -2.46. The first-order valence-electron chi connectivity index (χ1n) is 27.5. The molecule has 1 saturated carbocycles. The molecule has 3 heterocycles. The van der Waals surface area contributed by atoms with Gasteiger partial charge in [-0.2, -0.15) is 4.98 Å². The molecule has 0 spiro atoms. The van der Waals surface area contributed by atoms with E-state index in [9.17, 15) is 24.0 Å². The molecule has 4 amide bonds. The van der Waals surface area contributed by atoms with E-state index in [2.05, 4.69) is 67.7 Å². The largest absolute Gasteiger partial charge is 0.483 e. The van der Waals surface area contributed by atoms with Crippen LogP contribution in [0.5, 0.6) is 5.75 Å². The molecule has 1 unspecified atom stereocenters. The summed E-state index contributed by atoms with van der Waals surface area (Å²) in [5.74, 6) is -0.658. The SMILES string of the molecule is CCCCNc1ncc2c(-c3ccc(CN4CCN(CCCCCCOCCOCCOCCCNC(=O)COc5cccc(C)c5C(=O)N(C=O)C(C=O)CCC(=O)NC)CC4)cc3)cn(C3CCCCC3)c2n1. The summed E-state index contributed by atoms with van der Waals surface area (Å²) in [6.45, 7) is 14.4. The number of aldehydes is 1. The van der Waals surface area contributed by atoms with Crippen LogP contribution in [0.25, 0.3) is 22.2 Å². The molecule has 18 heteroatoms. The second-order valence-electron chi connectivity index (χ2n) is 19.7. The van der Waals surface area contributed by atoms with Crippen molar-refractivity contribution in [2.24, 2.45) is 0 Å². The van der Waals surface area contributed by atoms with Gasteiger partial charge >= 0.3 is 0 Å². The van der Waals surface area contributed by atoms with E-state index in [1.54, 1.807) is 19.1 Å². The molecule has 1 atom stereocenters. The zero-order chi connectivity index (χ0) is 53.0. The highest BCUT2D eigenvalue weighted by Gasteiger charge is 2.29.